The number of amides is 1. The van der Waals surface area contributed by atoms with E-state index < -0.39 is 0 Å². The number of nitrogens with one attached hydrogen (secondary N) is 1. The Bertz CT molecular complexity index is 165. The summed E-state index contributed by atoms with van der Waals surface area (Å²) in [6.07, 6.45) is 3.52. The minimum atomic E-state index is 0.259. The van der Waals surface area contributed by atoms with Crippen molar-refractivity contribution in [2.24, 2.45) is 11.8 Å². The molecule has 0 saturated heterocycles. The van der Waals surface area contributed by atoms with E-state index in [2.05, 4.69) is 12.2 Å². The Hall–Kier alpha value is -0.530. The Morgan fingerprint density at radius 1 is 1.42 bits per heavy atom. The highest BCUT2D eigenvalue weighted by molar-refractivity contribution is 5.79. The van der Waals surface area contributed by atoms with E-state index in [1.165, 1.54) is 12.8 Å². The molecule has 1 saturated carbocycles. The summed E-state index contributed by atoms with van der Waals surface area (Å²) in [4.78, 5) is 11.6. The van der Waals surface area contributed by atoms with E-state index in [0.717, 1.165) is 6.42 Å². The molecule has 1 aliphatic rings. The first-order valence-electron chi connectivity index (χ1n) is 4.91. The molecule has 1 unspecified atom stereocenters. The first kappa shape index (κ1) is 9.56. The second-order valence-electron chi connectivity index (χ2n) is 4.18. The maximum Gasteiger partial charge on any atom is 0.223 e. The van der Waals surface area contributed by atoms with Gasteiger partial charge >= 0.3 is 0 Å². The second kappa shape index (κ2) is 3.92. The fraction of sp³-hybridized carbons (Fsp3) is 0.900. The third-order valence-electron chi connectivity index (χ3n) is 2.63. The summed E-state index contributed by atoms with van der Waals surface area (Å²) in [5.74, 6) is 1.13. The van der Waals surface area contributed by atoms with Gasteiger partial charge in [0.05, 0.1) is 0 Å². The van der Waals surface area contributed by atoms with E-state index in [-0.39, 0.29) is 17.9 Å². The van der Waals surface area contributed by atoms with Crippen LogP contribution >= 0.6 is 0 Å². The largest absolute Gasteiger partial charge is 0.354 e. The number of hydrogen-bond acceptors (Lipinski definition) is 1. The molecule has 0 aliphatic heterocycles. The van der Waals surface area contributed by atoms with E-state index in [1.54, 1.807) is 0 Å². The van der Waals surface area contributed by atoms with Gasteiger partial charge in [0, 0.05) is 12.0 Å². The number of carbonyl (C=O) groups is 1. The monoisotopic (exact) mass is 169 g/mol. The summed E-state index contributed by atoms with van der Waals surface area (Å²) in [7, 11) is 0. The molecule has 70 valence electrons. The molecule has 2 heteroatoms. The topological polar surface area (TPSA) is 29.1 Å². The Balaban J connectivity index is 2.41. The summed E-state index contributed by atoms with van der Waals surface area (Å²) in [6, 6.07) is 0.283. The zero-order valence-electron chi connectivity index (χ0n) is 8.26. The van der Waals surface area contributed by atoms with Gasteiger partial charge in [-0.2, -0.15) is 0 Å². The molecule has 0 aromatic carbocycles. The third kappa shape index (κ3) is 2.23. The molecular formula is C10H19NO. The van der Waals surface area contributed by atoms with Crippen molar-refractivity contribution < 1.29 is 4.79 Å². The summed E-state index contributed by atoms with van der Waals surface area (Å²) < 4.78 is 0. The van der Waals surface area contributed by atoms with Gasteiger partial charge < -0.3 is 5.32 Å². The SMILES string of the molecule is CC(C)NC(=O)C1CCC[C@H]1C. The Morgan fingerprint density at radius 2 is 2.08 bits per heavy atom. The van der Waals surface area contributed by atoms with Gasteiger partial charge in [-0.05, 0) is 32.6 Å². The Morgan fingerprint density at radius 3 is 2.50 bits per heavy atom. The molecule has 1 rings (SSSR count). The number of carbonyl (C=O) groups excluding carboxylic acids is 1. The molecule has 1 fully saturated rings. The van der Waals surface area contributed by atoms with Crippen molar-refractivity contribution in [2.75, 3.05) is 0 Å². The summed E-state index contributed by atoms with van der Waals surface area (Å²) in [5, 5.41) is 2.98. The van der Waals surface area contributed by atoms with Gasteiger partial charge in [0.2, 0.25) is 5.91 Å². The lowest BCUT2D eigenvalue weighted by Gasteiger charge is -2.16. The van der Waals surface area contributed by atoms with Crippen LogP contribution in [-0.4, -0.2) is 11.9 Å². The predicted octanol–water partition coefficient (Wildman–Crippen LogP) is 1.95. The smallest absolute Gasteiger partial charge is 0.223 e. The van der Waals surface area contributed by atoms with Crippen LogP contribution in [0.25, 0.3) is 0 Å². The predicted molar refractivity (Wildman–Crippen MR) is 49.8 cm³/mol. The molecule has 12 heavy (non-hydrogen) atoms. The van der Waals surface area contributed by atoms with Crippen LogP contribution in [0.4, 0.5) is 0 Å². The first-order valence-corrected chi connectivity index (χ1v) is 4.91. The van der Waals surface area contributed by atoms with Crippen LogP contribution in [-0.2, 0) is 4.79 Å². The van der Waals surface area contributed by atoms with Crippen LogP contribution in [0, 0.1) is 11.8 Å². The summed E-state index contributed by atoms with van der Waals surface area (Å²) >= 11 is 0. The molecule has 0 radical (unpaired) electrons. The van der Waals surface area contributed by atoms with Crippen molar-refractivity contribution >= 4 is 5.91 Å². The highest BCUT2D eigenvalue weighted by Gasteiger charge is 2.29. The van der Waals surface area contributed by atoms with E-state index in [4.69, 9.17) is 0 Å². The van der Waals surface area contributed by atoms with Crippen molar-refractivity contribution in [3.8, 4) is 0 Å². The summed E-state index contributed by atoms with van der Waals surface area (Å²) in [5.41, 5.74) is 0. The molecule has 1 N–H and O–H groups in total. The fourth-order valence-corrected chi connectivity index (χ4v) is 1.93. The number of hydrogen-bond donors (Lipinski definition) is 1. The van der Waals surface area contributed by atoms with E-state index in [1.807, 2.05) is 13.8 Å². The van der Waals surface area contributed by atoms with Crippen molar-refractivity contribution in [1.29, 1.82) is 0 Å². The molecule has 0 aromatic rings. The van der Waals surface area contributed by atoms with Crippen LogP contribution in [0.15, 0.2) is 0 Å². The quantitative estimate of drug-likeness (QED) is 0.672. The van der Waals surface area contributed by atoms with Gasteiger partial charge in [0.25, 0.3) is 0 Å². The van der Waals surface area contributed by atoms with Crippen LogP contribution in [0.5, 0.6) is 0 Å². The van der Waals surface area contributed by atoms with Crippen LogP contribution < -0.4 is 5.32 Å². The van der Waals surface area contributed by atoms with E-state index >= 15 is 0 Å². The zero-order chi connectivity index (χ0) is 9.14. The molecule has 0 aromatic heterocycles. The van der Waals surface area contributed by atoms with Crippen LogP contribution in [0.3, 0.4) is 0 Å². The standard InChI is InChI=1S/C10H19NO/c1-7(2)11-10(12)9-6-4-5-8(9)3/h7-9H,4-6H2,1-3H3,(H,11,12)/t8-,9?/m1/s1. The van der Waals surface area contributed by atoms with E-state index in [9.17, 15) is 4.79 Å². The molecule has 0 spiro atoms. The maximum atomic E-state index is 11.6. The lowest BCUT2D eigenvalue weighted by Crippen LogP contribution is -2.36. The van der Waals surface area contributed by atoms with Gasteiger partial charge in [-0.1, -0.05) is 13.3 Å². The van der Waals surface area contributed by atoms with E-state index in [0.29, 0.717) is 5.92 Å². The molecule has 2 atom stereocenters. The average Bonchev–Trinajstić information content (AvgIpc) is 2.33. The Labute approximate surface area is 74.7 Å². The van der Waals surface area contributed by atoms with Gasteiger partial charge in [-0.25, -0.2) is 0 Å². The van der Waals surface area contributed by atoms with Gasteiger partial charge in [0.1, 0.15) is 0 Å². The lowest BCUT2D eigenvalue weighted by atomic mass is 9.97. The van der Waals surface area contributed by atoms with Crippen molar-refractivity contribution in [1.82, 2.24) is 5.32 Å². The average molecular weight is 169 g/mol. The molecule has 2 nitrogen and oxygen atoms in total. The van der Waals surface area contributed by atoms with Crippen LogP contribution in [0.2, 0.25) is 0 Å². The zero-order valence-corrected chi connectivity index (χ0v) is 8.26. The molecule has 1 amide bonds. The van der Waals surface area contributed by atoms with Crippen molar-refractivity contribution in [2.45, 2.75) is 46.1 Å². The molecular weight excluding hydrogens is 150 g/mol. The molecule has 0 heterocycles. The minimum absolute atomic E-state index is 0.259. The second-order valence-corrected chi connectivity index (χ2v) is 4.18. The minimum Gasteiger partial charge on any atom is -0.354 e. The first-order chi connectivity index (χ1) is 5.61. The summed E-state index contributed by atoms with van der Waals surface area (Å²) in [6.45, 7) is 6.20. The van der Waals surface area contributed by atoms with Crippen molar-refractivity contribution in [3.63, 3.8) is 0 Å². The maximum absolute atomic E-state index is 11.6. The van der Waals surface area contributed by atoms with Crippen molar-refractivity contribution in [3.05, 3.63) is 0 Å². The normalized spacial score (nSPS) is 29.3. The highest BCUT2D eigenvalue weighted by atomic mass is 16.1. The van der Waals surface area contributed by atoms with Gasteiger partial charge in [-0.15, -0.1) is 0 Å². The molecule has 0 bridgehead atoms. The third-order valence-corrected chi connectivity index (χ3v) is 2.63. The molecule has 1 aliphatic carbocycles. The Kier molecular flexibility index (Phi) is 3.12. The van der Waals surface area contributed by atoms with Gasteiger partial charge in [-0.3, -0.25) is 4.79 Å². The van der Waals surface area contributed by atoms with Crippen LogP contribution in [0.1, 0.15) is 40.0 Å². The van der Waals surface area contributed by atoms with Gasteiger partial charge in [0.15, 0.2) is 0 Å². The highest BCUT2D eigenvalue weighted by Crippen LogP contribution is 2.31. The fourth-order valence-electron chi connectivity index (χ4n) is 1.93. The lowest BCUT2D eigenvalue weighted by molar-refractivity contribution is -0.126. The number of rotatable bonds is 2.